The summed E-state index contributed by atoms with van der Waals surface area (Å²) in [6.07, 6.45) is 1.88. The van der Waals surface area contributed by atoms with Gasteiger partial charge in [0.25, 0.3) is 0 Å². The molecule has 15 heavy (non-hydrogen) atoms. The van der Waals surface area contributed by atoms with Crippen LogP contribution in [0.5, 0.6) is 0 Å². The van der Waals surface area contributed by atoms with Crippen molar-refractivity contribution >= 4 is 44.5 Å². The minimum absolute atomic E-state index is 0.613. The monoisotopic (exact) mass is 306 g/mol. The molecule has 0 radical (unpaired) electrons. The summed E-state index contributed by atoms with van der Waals surface area (Å²) < 4.78 is 1.19. The number of thiocarbonyl (C=S) groups is 1. The van der Waals surface area contributed by atoms with Crippen LogP contribution in [0, 0.1) is 0 Å². The van der Waals surface area contributed by atoms with Crippen molar-refractivity contribution in [2.75, 3.05) is 13.6 Å². The number of nitrogens with two attached hydrogens (primary N) is 1. The molecule has 1 aromatic heterocycles. The Balaban J connectivity index is 2.24. The molecule has 0 bridgehead atoms. The zero-order valence-electron chi connectivity index (χ0n) is 8.70. The fraction of sp³-hybridized carbons (Fsp3) is 0.500. The zero-order valence-corrected chi connectivity index (χ0v) is 11.9. The number of hydrogen-bond donors (Lipinski definition) is 1. The maximum Gasteiger partial charge on any atom is 0.0727 e. The van der Waals surface area contributed by atoms with Gasteiger partial charge in [0.1, 0.15) is 0 Å². The molecule has 0 unspecified atom stereocenters. The summed E-state index contributed by atoms with van der Waals surface area (Å²) in [7, 11) is 2.12. The van der Waals surface area contributed by atoms with Gasteiger partial charge in [0.15, 0.2) is 0 Å². The zero-order chi connectivity index (χ0) is 11.3. The van der Waals surface area contributed by atoms with E-state index in [1.54, 1.807) is 11.3 Å². The summed E-state index contributed by atoms with van der Waals surface area (Å²) in [5.41, 5.74) is 6.79. The molecule has 1 rings (SSSR count). The molecule has 0 aromatic carbocycles. The second-order valence-electron chi connectivity index (χ2n) is 3.57. The quantitative estimate of drug-likeness (QED) is 0.819. The Bertz CT molecular complexity index is 325. The van der Waals surface area contributed by atoms with Crippen molar-refractivity contribution in [2.24, 2.45) is 5.73 Å². The number of hydrogen-bond acceptors (Lipinski definition) is 3. The highest BCUT2D eigenvalue weighted by atomic mass is 79.9. The van der Waals surface area contributed by atoms with Crippen LogP contribution in [0.1, 0.15) is 18.4 Å². The Labute approximate surface area is 109 Å². The molecule has 0 amide bonds. The lowest BCUT2D eigenvalue weighted by Gasteiger charge is -2.15. The maximum atomic E-state index is 5.44. The van der Waals surface area contributed by atoms with Gasteiger partial charge in [-0.1, -0.05) is 12.2 Å². The largest absolute Gasteiger partial charge is 0.393 e. The fourth-order valence-corrected chi connectivity index (χ4v) is 2.69. The second kappa shape index (κ2) is 6.58. The first-order valence-electron chi connectivity index (χ1n) is 4.77. The maximum absolute atomic E-state index is 5.44. The van der Waals surface area contributed by atoms with Crippen molar-refractivity contribution in [3.05, 3.63) is 20.8 Å². The highest BCUT2D eigenvalue weighted by molar-refractivity contribution is 9.11. The molecule has 1 heterocycles. The number of rotatable bonds is 6. The van der Waals surface area contributed by atoms with E-state index in [2.05, 4.69) is 39.3 Å². The van der Waals surface area contributed by atoms with Crippen LogP contribution >= 0.6 is 39.5 Å². The average molecular weight is 307 g/mol. The van der Waals surface area contributed by atoms with Crippen LogP contribution in [0.4, 0.5) is 0 Å². The Morgan fingerprint density at radius 3 is 2.93 bits per heavy atom. The van der Waals surface area contributed by atoms with Crippen molar-refractivity contribution in [1.29, 1.82) is 0 Å². The Morgan fingerprint density at radius 1 is 1.67 bits per heavy atom. The Morgan fingerprint density at radius 2 is 2.40 bits per heavy atom. The lowest BCUT2D eigenvalue weighted by molar-refractivity contribution is 0.325. The summed E-state index contributed by atoms with van der Waals surface area (Å²) >= 11 is 10.0. The second-order valence-corrected chi connectivity index (χ2v) is 6.38. The van der Waals surface area contributed by atoms with Crippen molar-refractivity contribution in [3.8, 4) is 0 Å². The van der Waals surface area contributed by atoms with Crippen LogP contribution in [-0.4, -0.2) is 23.5 Å². The average Bonchev–Trinajstić information content (AvgIpc) is 2.50. The van der Waals surface area contributed by atoms with E-state index in [-0.39, 0.29) is 0 Å². The molecule has 1 aromatic rings. The summed E-state index contributed by atoms with van der Waals surface area (Å²) in [6.45, 7) is 2.02. The molecule has 0 spiro atoms. The lowest BCUT2D eigenvalue weighted by Crippen LogP contribution is -2.20. The van der Waals surface area contributed by atoms with Crippen molar-refractivity contribution < 1.29 is 0 Å². The lowest BCUT2D eigenvalue weighted by atomic mass is 10.2. The molecule has 0 atom stereocenters. The predicted octanol–water partition coefficient (Wildman–Crippen LogP) is 3.01. The highest BCUT2D eigenvalue weighted by Crippen LogP contribution is 2.21. The molecule has 0 saturated heterocycles. The summed E-state index contributed by atoms with van der Waals surface area (Å²) in [5, 5.41) is 2.17. The van der Waals surface area contributed by atoms with Gasteiger partial charge < -0.3 is 10.6 Å². The van der Waals surface area contributed by atoms with Crippen molar-refractivity contribution in [3.63, 3.8) is 0 Å². The summed E-state index contributed by atoms with van der Waals surface area (Å²) in [6, 6.07) is 2.16. The summed E-state index contributed by atoms with van der Waals surface area (Å²) in [5.74, 6) is 0. The normalized spacial score (nSPS) is 10.9. The Hall–Kier alpha value is 0.0300. The third kappa shape index (κ3) is 5.61. The molecule has 0 aliphatic heterocycles. The van der Waals surface area contributed by atoms with Gasteiger partial charge in [0, 0.05) is 6.54 Å². The molecular formula is C10H15BrN2S2. The molecule has 2 N–H and O–H groups in total. The van der Waals surface area contributed by atoms with Gasteiger partial charge >= 0.3 is 0 Å². The molecule has 84 valence electrons. The SMILES string of the molecule is CN(CCCC(N)=S)Cc1csc(Br)c1. The predicted molar refractivity (Wildman–Crippen MR) is 74.4 cm³/mol. The molecular weight excluding hydrogens is 292 g/mol. The number of nitrogens with zero attached hydrogens (tertiary/aromatic N) is 1. The van der Waals surface area contributed by atoms with Crippen molar-refractivity contribution in [1.82, 2.24) is 4.90 Å². The number of thiophene rings is 1. The van der Waals surface area contributed by atoms with E-state index in [4.69, 9.17) is 18.0 Å². The van der Waals surface area contributed by atoms with Gasteiger partial charge in [-0.2, -0.15) is 0 Å². The molecule has 5 heteroatoms. The van der Waals surface area contributed by atoms with Gasteiger partial charge in [0.2, 0.25) is 0 Å². The van der Waals surface area contributed by atoms with Gasteiger partial charge in [-0.3, -0.25) is 0 Å². The summed E-state index contributed by atoms with van der Waals surface area (Å²) in [4.78, 5) is 2.90. The topological polar surface area (TPSA) is 29.3 Å². The van der Waals surface area contributed by atoms with E-state index in [0.717, 1.165) is 25.9 Å². The molecule has 2 nitrogen and oxygen atoms in total. The molecule has 0 aliphatic rings. The van der Waals surface area contributed by atoms with E-state index in [1.165, 1.54) is 9.35 Å². The van der Waals surface area contributed by atoms with Gasteiger partial charge in [-0.25, -0.2) is 0 Å². The van der Waals surface area contributed by atoms with Crippen LogP contribution in [0.25, 0.3) is 0 Å². The number of halogens is 1. The first-order valence-corrected chi connectivity index (χ1v) is 6.86. The Kier molecular flexibility index (Phi) is 5.74. The molecule has 0 aliphatic carbocycles. The third-order valence-corrected chi connectivity index (χ3v) is 3.79. The first kappa shape index (κ1) is 13.1. The first-order chi connectivity index (χ1) is 7.08. The van der Waals surface area contributed by atoms with Gasteiger partial charge in [-0.15, -0.1) is 11.3 Å². The van der Waals surface area contributed by atoms with Gasteiger partial charge in [-0.05, 0) is 59.4 Å². The van der Waals surface area contributed by atoms with Crippen LogP contribution in [0.3, 0.4) is 0 Å². The van der Waals surface area contributed by atoms with E-state index >= 15 is 0 Å². The standard InChI is InChI=1S/C10H15BrN2S2/c1-13(4-2-3-10(12)14)6-8-5-9(11)15-7-8/h5,7H,2-4,6H2,1H3,(H2,12,14). The minimum atomic E-state index is 0.613. The van der Waals surface area contributed by atoms with Crippen molar-refractivity contribution in [2.45, 2.75) is 19.4 Å². The van der Waals surface area contributed by atoms with E-state index < -0.39 is 0 Å². The van der Waals surface area contributed by atoms with Crippen LogP contribution in [0.2, 0.25) is 0 Å². The fourth-order valence-electron chi connectivity index (χ4n) is 1.34. The molecule has 0 fully saturated rings. The van der Waals surface area contributed by atoms with E-state index in [1.807, 2.05) is 0 Å². The molecule has 0 saturated carbocycles. The third-order valence-electron chi connectivity index (χ3n) is 2.04. The van der Waals surface area contributed by atoms with Crippen LogP contribution in [0.15, 0.2) is 15.2 Å². The highest BCUT2D eigenvalue weighted by Gasteiger charge is 2.02. The van der Waals surface area contributed by atoms with Crippen LogP contribution < -0.4 is 5.73 Å². The van der Waals surface area contributed by atoms with Crippen LogP contribution in [-0.2, 0) is 6.54 Å². The van der Waals surface area contributed by atoms with E-state index in [0.29, 0.717) is 4.99 Å². The minimum Gasteiger partial charge on any atom is -0.393 e. The van der Waals surface area contributed by atoms with E-state index in [9.17, 15) is 0 Å². The smallest absolute Gasteiger partial charge is 0.0727 e. The van der Waals surface area contributed by atoms with Gasteiger partial charge in [0.05, 0.1) is 8.77 Å².